The molecule has 0 saturated heterocycles. The Morgan fingerprint density at radius 1 is 1.36 bits per heavy atom. The van der Waals surface area contributed by atoms with E-state index < -0.39 is 0 Å². The maximum Gasteiger partial charge on any atom is 0.00939 e. The molecule has 0 amide bonds. The van der Waals surface area contributed by atoms with Gasteiger partial charge in [-0.15, -0.1) is 0 Å². The molecule has 1 rings (SSSR count). The molecule has 0 aromatic rings. The summed E-state index contributed by atoms with van der Waals surface area (Å²) in [5, 5.41) is 1.17. The number of unbranched alkanes of at least 4 members (excludes halogenated alkanes) is 1. The minimum atomic E-state index is 0.593. The highest BCUT2D eigenvalue weighted by Crippen LogP contribution is 2.39. The lowest BCUT2D eigenvalue weighted by molar-refractivity contribution is 0.322. The molecule has 11 heavy (non-hydrogen) atoms. The molecule has 0 saturated carbocycles. The molecule has 0 aliphatic heterocycles. The number of allylic oxidation sites excluding steroid dienone is 2. The van der Waals surface area contributed by atoms with Gasteiger partial charge in [0.1, 0.15) is 0 Å². The molecular weight excluding hydrogens is 200 g/mol. The standard InChI is InChI=1S/C10H17Br/c1-2-3-6-10(9-11)7-4-5-8-10/h4-5H,2-3,6-9H2,1H3. The van der Waals surface area contributed by atoms with Crippen LogP contribution in [0.4, 0.5) is 0 Å². The summed E-state index contributed by atoms with van der Waals surface area (Å²) < 4.78 is 0. The molecule has 0 spiro atoms. The average Bonchev–Trinajstić information content (AvgIpc) is 2.50. The van der Waals surface area contributed by atoms with Crippen LogP contribution in [0.15, 0.2) is 12.2 Å². The summed E-state index contributed by atoms with van der Waals surface area (Å²) in [4.78, 5) is 0. The topological polar surface area (TPSA) is 0 Å². The molecule has 1 heteroatoms. The van der Waals surface area contributed by atoms with Crippen LogP contribution in [-0.4, -0.2) is 5.33 Å². The van der Waals surface area contributed by atoms with Gasteiger partial charge in [0, 0.05) is 5.33 Å². The van der Waals surface area contributed by atoms with Crippen LogP contribution in [0.5, 0.6) is 0 Å². The van der Waals surface area contributed by atoms with Crippen molar-refractivity contribution in [3.8, 4) is 0 Å². The zero-order chi connectivity index (χ0) is 8.16. The normalized spacial score (nSPS) is 20.9. The van der Waals surface area contributed by atoms with Crippen molar-refractivity contribution in [2.75, 3.05) is 5.33 Å². The van der Waals surface area contributed by atoms with Crippen LogP contribution in [0.25, 0.3) is 0 Å². The minimum Gasteiger partial charge on any atom is -0.0922 e. The highest BCUT2D eigenvalue weighted by atomic mass is 79.9. The largest absolute Gasteiger partial charge is 0.0922 e. The van der Waals surface area contributed by atoms with Gasteiger partial charge in [0.25, 0.3) is 0 Å². The molecule has 0 atom stereocenters. The van der Waals surface area contributed by atoms with E-state index in [2.05, 4.69) is 35.0 Å². The first-order valence-corrected chi connectivity index (χ1v) is 5.66. The van der Waals surface area contributed by atoms with Crippen molar-refractivity contribution >= 4 is 15.9 Å². The molecule has 0 heterocycles. The van der Waals surface area contributed by atoms with E-state index in [0.29, 0.717) is 5.41 Å². The summed E-state index contributed by atoms with van der Waals surface area (Å²) in [7, 11) is 0. The zero-order valence-electron chi connectivity index (χ0n) is 7.28. The van der Waals surface area contributed by atoms with Crippen LogP contribution < -0.4 is 0 Å². The summed E-state index contributed by atoms with van der Waals surface area (Å²) in [5.74, 6) is 0. The SMILES string of the molecule is CCCCC1(CBr)CC=CC1. The van der Waals surface area contributed by atoms with Gasteiger partial charge in [0.2, 0.25) is 0 Å². The first kappa shape index (κ1) is 9.31. The lowest BCUT2D eigenvalue weighted by Crippen LogP contribution is -2.18. The second-order valence-corrected chi connectivity index (χ2v) is 4.18. The molecule has 1 aliphatic carbocycles. The smallest absolute Gasteiger partial charge is 0.00939 e. The van der Waals surface area contributed by atoms with E-state index in [0.717, 1.165) is 0 Å². The minimum absolute atomic E-state index is 0.593. The predicted molar refractivity (Wildman–Crippen MR) is 54.1 cm³/mol. The number of halogens is 1. The fraction of sp³-hybridized carbons (Fsp3) is 0.800. The van der Waals surface area contributed by atoms with Gasteiger partial charge in [-0.3, -0.25) is 0 Å². The zero-order valence-corrected chi connectivity index (χ0v) is 8.86. The second-order valence-electron chi connectivity index (χ2n) is 3.62. The van der Waals surface area contributed by atoms with Crippen LogP contribution in [0.3, 0.4) is 0 Å². The van der Waals surface area contributed by atoms with E-state index in [9.17, 15) is 0 Å². The third-order valence-corrected chi connectivity index (χ3v) is 3.80. The Morgan fingerprint density at radius 3 is 2.45 bits per heavy atom. The monoisotopic (exact) mass is 216 g/mol. The van der Waals surface area contributed by atoms with Gasteiger partial charge in [0.05, 0.1) is 0 Å². The van der Waals surface area contributed by atoms with E-state index in [4.69, 9.17) is 0 Å². The van der Waals surface area contributed by atoms with Crippen molar-refractivity contribution in [3.05, 3.63) is 12.2 Å². The Balaban J connectivity index is 2.35. The molecule has 0 nitrogen and oxygen atoms in total. The van der Waals surface area contributed by atoms with Crippen LogP contribution in [-0.2, 0) is 0 Å². The van der Waals surface area contributed by atoms with E-state index in [1.165, 1.54) is 37.4 Å². The van der Waals surface area contributed by atoms with Crippen molar-refractivity contribution in [3.63, 3.8) is 0 Å². The van der Waals surface area contributed by atoms with E-state index in [-0.39, 0.29) is 0 Å². The predicted octanol–water partition coefficient (Wildman–Crippen LogP) is 3.91. The van der Waals surface area contributed by atoms with Gasteiger partial charge in [-0.05, 0) is 24.7 Å². The summed E-state index contributed by atoms with van der Waals surface area (Å²) in [5.41, 5.74) is 0.593. The molecule has 0 aromatic carbocycles. The van der Waals surface area contributed by atoms with Crippen molar-refractivity contribution in [2.24, 2.45) is 5.41 Å². The third-order valence-electron chi connectivity index (χ3n) is 2.61. The van der Waals surface area contributed by atoms with Crippen LogP contribution >= 0.6 is 15.9 Å². The number of hydrogen-bond acceptors (Lipinski definition) is 0. The van der Waals surface area contributed by atoms with E-state index in [1.54, 1.807) is 0 Å². The maximum absolute atomic E-state index is 3.62. The van der Waals surface area contributed by atoms with E-state index in [1.807, 2.05) is 0 Å². The van der Waals surface area contributed by atoms with Gasteiger partial charge in [-0.2, -0.15) is 0 Å². The lowest BCUT2D eigenvalue weighted by atomic mass is 9.83. The molecule has 0 fully saturated rings. The molecule has 1 aliphatic rings. The Hall–Kier alpha value is 0.220. The highest BCUT2D eigenvalue weighted by molar-refractivity contribution is 9.09. The Labute approximate surface area is 78.2 Å². The van der Waals surface area contributed by atoms with E-state index >= 15 is 0 Å². The Kier molecular flexibility index (Phi) is 3.64. The Bertz CT molecular complexity index is 130. The van der Waals surface area contributed by atoms with Crippen molar-refractivity contribution in [2.45, 2.75) is 39.0 Å². The van der Waals surface area contributed by atoms with Crippen molar-refractivity contribution in [1.82, 2.24) is 0 Å². The lowest BCUT2D eigenvalue weighted by Gasteiger charge is -2.26. The fourth-order valence-corrected chi connectivity index (χ4v) is 2.42. The van der Waals surface area contributed by atoms with Crippen LogP contribution in [0.2, 0.25) is 0 Å². The number of alkyl halides is 1. The fourth-order valence-electron chi connectivity index (χ4n) is 1.68. The molecule has 0 aromatic heterocycles. The summed E-state index contributed by atoms with van der Waals surface area (Å²) in [6.07, 6.45) is 11.3. The summed E-state index contributed by atoms with van der Waals surface area (Å²) in [6, 6.07) is 0. The summed E-state index contributed by atoms with van der Waals surface area (Å²) in [6.45, 7) is 2.27. The average molecular weight is 217 g/mol. The van der Waals surface area contributed by atoms with Crippen molar-refractivity contribution in [1.29, 1.82) is 0 Å². The van der Waals surface area contributed by atoms with Crippen LogP contribution in [0, 0.1) is 5.41 Å². The first-order chi connectivity index (χ1) is 5.33. The number of rotatable bonds is 4. The van der Waals surface area contributed by atoms with Crippen molar-refractivity contribution < 1.29 is 0 Å². The number of hydrogen-bond donors (Lipinski definition) is 0. The maximum atomic E-state index is 3.62. The van der Waals surface area contributed by atoms with Gasteiger partial charge < -0.3 is 0 Å². The van der Waals surface area contributed by atoms with Crippen LogP contribution in [0.1, 0.15) is 39.0 Å². The van der Waals surface area contributed by atoms with Gasteiger partial charge in [-0.1, -0.05) is 47.8 Å². The van der Waals surface area contributed by atoms with Gasteiger partial charge >= 0.3 is 0 Å². The summed E-state index contributed by atoms with van der Waals surface area (Å²) >= 11 is 3.62. The highest BCUT2D eigenvalue weighted by Gasteiger charge is 2.28. The molecular formula is C10H17Br. The second kappa shape index (κ2) is 4.30. The Morgan fingerprint density at radius 2 is 2.00 bits per heavy atom. The molecule has 0 bridgehead atoms. The third kappa shape index (κ3) is 2.33. The first-order valence-electron chi connectivity index (χ1n) is 4.54. The molecule has 64 valence electrons. The molecule has 0 unspecified atom stereocenters. The van der Waals surface area contributed by atoms with Gasteiger partial charge in [0.15, 0.2) is 0 Å². The van der Waals surface area contributed by atoms with Gasteiger partial charge in [-0.25, -0.2) is 0 Å². The molecule has 0 radical (unpaired) electrons. The quantitative estimate of drug-likeness (QED) is 0.494. The molecule has 0 N–H and O–H groups in total.